The lowest BCUT2D eigenvalue weighted by molar-refractivity contribution is -0.0340. The third-order valence-corrected chi connectivity index (χ3v) is 5.32. The maximum atomic E-state index is 6.24. The van der Waals surface area contributed by atoms with Crippen LogP contribution in [0, 0.1) is 12.3 Å². The fourth-order valence-electron chi connectivity index (χ4n) is 3.88. The molecule has 1 aliphatic rings. The fraction of sp³-hybridized carbons (Fsp3) is 0.706. The Morgan fingerprint density at radius 2 is 1.95 bits per heavy atom. The minimum atomic E-state index is 0.0939. The van der Waals surface area contributed by atoms with Gasteiger partial charge in [-0.3, -0.25) is 9.88 Å². The number of aromatic nitrogens is 1. The van der Waals surface area contributed by atoms with Crippen molar-refractivity contribution < 1.29 is 0 Å². The van der Waals surface area contributed by atoms with Gasteiger partial charge in [0.05, 0.1) is 5.69 Å². The molecule has 2 rings (SSSR count). The Labute approximate surface area is 123 Å². The Kier molecular flexibility index (Phi) is 4.50. The van der Waals surface area contributed by atoms with Crippen molar-refractivity contribution in [3.8, 4) is 0 Å². The fourth-order valence-corrected chi connectivity index (χ4v) is 3.88. The summed E-state index contributed by atoms with van der Waals surface area (Å²) in [5.41, 5.74) is 8.82. The highest BCUT2D eigenvalue weighted by atomic mass is 15.2. The highest BCUT2D eigenvalue weighted by Crippen LogP contribution is 2.46. The van der Waals surface area contributed by atoms with E-state index in [4.69, 9.17) is 5.73 Å². The maximum absolute atomic E-state index is 6.24. The van der Waals surface area contributed by atoms with Gasteiger partial charge in [0.2, 0.25) is 0 Å². The maximum Gasteiger partial charge on any atom is 0.0547 e. The molecule has 3 nitrogen and oxygen atoms in total. The van der Waals surface area contributed by atoms with Crippen LogP contribution in [0.25, 0.3) is 0 Å². The molecule has 0 spiro atoms. The number of likely N-dealkylation sites (N-methyl/N-ethyl adjacent to an activating group) is 1. The second-order valence-electron chi connectivity index (χ2n) is 6.95. The van der Waals surface area contributed by atoms with E-state index in [-0.39, 0.29) is 11.0 Å². The van der Waals surface area contributed by atoms with E-state index >= 15 is 0 Å². The lowest BCUT2D eigenvalue weighted by Gasteiger charge is -2.55. The summed E-state index contributed by atoms with van der Waals surface area (Å²) in [6.45, 7) is 8.40. The molecule has 1 aromatic rings. The highest BCUT2D eigenvalue weighted by Gasteiger charge is 2.48. The standard InChI is InChI=1S/C17H29N3/c1-14-8-7-9-15(19-14)12-20(4)17(13-18)11-6-5-10-16(17,2)3/h7-9H,5-6,10-13,18H2,1-4H3. The summed E-state index contributed by atoms with van der Waals surface area (Å²) in [4.78, 5) is 7.09. The molecule has 1 heterocycles. The topological polar surface area (TPSA) is 42.1 Å². The zero-order chi connectivity index (χ0) is 14.8. The predicted molar refractivity (Wildman–Crippen MR) is 84.5 cm³/mol. The van der Waals surface area contributed by atoms with Crippen molar-refractivity contribution in [3.05, 3.63) is 29.6 Å². The van der Waals surface area contributed by atoms with Crippen LogP contribution < -0.4 is 5.73 Å². The van der Waals surface area contributed by atoms with Gasteiger partial charge in [-0.2, -0.15) is 0 Å². The van der Waals surface area contributed by atoms with Crippen molar-refractivity contribution >= 4 is 0 Å². The van der Waals surface area contributed by atoms with Crippen LogP contribution in [-0.2, 0) is 6.54 Å². The molecular weight excluding hydrogens is 246 g/mol. The number of hydrogen-bond donors (Lipinski definition) is 1. The first kappa shape index (κ1) is 15.5. The van der Waals surface area contributed by atoms with E-state index in [2.05, 4.69) is 42.9 Å². The Bertz CT molecular complexity index is 455. The second-order valence-corrected chi connectivity index (χ2v) is 6.95. The van der Waals surface area contributed by atoms with E-state index in [0.717, 1.165) is 24.5 Å². The molecule has 0 amide bonds. The van der Waals surface area contributed by atoms with E-state index in [1.54, 1.807) is 0 Å². The number of rotatable bonds is 4. The first-order valence-electron chi connectivity index (χ1n) is 7.75. The van der Waals surface area contributed by atoms with Gasteiger partial charge in [-0.1, -0.05) is 32.8 Å². The van der Waals surface area contributed by atoms with E-state index in [0.29, 0.717) is 0 Å². The van der Waals surface area contributed by atoms with Crippen LogP contribution in [0.4, 0.5) is 0 Å². The summed E-state index contributed by atoms with van der Waals surface area (Å²) in [5, 5.41) is 0. The highest BCUT2D eigenvalue weighted by molar-refractivity contribution is 5.12. The first-order chi connectivity index (χ1) is 9.41. The average molecular weight is 275 g/mol. The third-order valence-electron chi connectivity index (χ3n) is 5.32. The molecule has 112 valence electrons. The van der Waals surface area contributed by atoms with Crippen molar-refractivity contribution in [1.82, 2.24) is 9.88 Å². The largest absolute Gasteiger partial charge is 0.329 e. The molecule has 20 heavy (non-hydrogen) atoms. The van der Waals surface area contributed by atoms with Gasteiger partial charge in [0.1, 0.15) is 0 Å². The summed E-state index contributed by atoms with van der Waals surface area (Å²) in [6, 6.07) is 6.25. The van der Waals surface area contributed by atoms with Crippen LogP contribution in [0.2, 0.25) is 0 Å². The van der Waals surface area contributed by atoms with Gasteiger partial charge in [-0.15, -0.1) is 0 Å². The molecule has 1 aliphatic carbocycles. The average Bonchev–Trinajstić information content (AvgIpc) is 2.38. The van der Waals surface area contributed by atoms with Crippen LogP contribution in [-0.4, -0.2) is 29.0 Å². The summed E-state index contributed by atoms with van der Waals surface area (Å²) in [5.74, 6) is 0. The van der Waals surface area contributed by atoms with Gasteiger partial charge in [-0.05, 0) is 44.4 Å². The SMILES string of the molecule is Cc1cccc(CN(C)C2(CN)CCCCC2(C)C)n1. The molecule has 3 heteroatoms. The first-order valence-corrected chi connectivity index (χ1v) is 7.75. The summed E-state index contributed by atoms with van der Waals surface area (Å²) in [6.07, 6.45) is 5.06. The predicted octanol–water partition coefficient (Wildman–Crippen LogP) is 3.12. The molecule has 1 fully saturated rings. The number of nitrogens with zero attached hydrogens (tertiary/aromatic N) is 2. The van der Waals surface area contributed by atoms with Crippen LogP contribution >= 0.6 is 0 Å². The molecular formula is C17H29N3. The molecule has 1 saturated carbocycles. The molecule has 1 atom stereocenters. The van der Waals surface area contributed by atoms with Crippen LogP contribution in [0.1, 0.15) is 50.9 Å². The summed E-state index contributed by atoms with van der Waals surface area (Å²) < 4.78 is 0. The number of hydrogen-bond acceptors (Lipinski definition) is 3. The molecule has 2 N–H and O–H groups in total. The van der Waals surface area contributed by atoms with Crippen molar-refractivity contribution in [2.75, 3.05) is 13.6 Å². The van der Waals surface area contributed by atoms with Gasteiger partial charge < -0.3 is 5.73 Å². The van der Waals surface area contributed by atoms with Gasteiger partial charge >= 0.3 is 0 Å². The molecule has 0 bridgehead atoms. The summed E-state index contributed by atoms with van der Waals surface area (Å²) >= 11 is 0. The monoisotopic (exact) mass is 275 g/mol. The van der Waals surface area contributed by atoms with E-state index < -0.39 is 0 Å². The zero-order valence-electron chi connectivity index (χ0n) is 13.4. The van der Waals surface area contributed by atoms with E-state index in [1.807, 2.05) is 13.0 Å². The molecule has 0 aliphatic heterocycles. The van der Waals surface area contributed by atoms with Crippen LogP contribution in [0.15, 0.2) is 18.2 Å². The van der Waals surface area contributed by atoms with Gasteiger partial charge in [-0.25, -0.2) is 0 Å². The third kappa shape index (κ3) is 2.75. The summed E-state index contributed by atoms with van der Waals surface area (Å²) in [7, 11) is 2.21. The lowest BCUT2D eigenvalue weighted by atomic mass is 9.62. The Morgan fingerprint density at radius 3 is 2.55 bits per heavy atom. The van der Waals surface area contributed by atoms with Crippen LogP contribution in [0.5, 0.6) is 0 Å². The van der Waals surface area contributed by atoms with Gasteiger partial charge in [0, 0.05) is 24.3 Å². The molecule has 0 radical (unpaired) electrons. The molecule has 1 unspecified atom stereocenters. The van der Waals surface area contributed by atoms with Gasteiger partial charge in [0.15, 0.2) is 0 Å². The molecule has 0 aromatic carbocycles. The zero-order valence-corrected chi connectivity index (χ0v) is 13.4. The van der Waals surface area contributed by atoms with Gasteiger partial charge in [0.25, 0.3) is 0 Å². The Morgan fingerprint density at radius 1 is 1.25 bits per heavy atom. The van der Waals surface area contributed by atoms with Crippen LogP contribution in [0.3, 0.4) is 0 Å². The van der Waals surface area contributed by atoms with Crippen molar-refractivity contribution in [1.29, 1.82) is 0 Å². The normalized spacial score (nSPS) is 25.9. The number of aryl methyl sites for hydroxylation is 1. The Balaban J connectivity index is 2.22. The smallest absolute Gasteiger partial charge is 0.0547 e. The second kappa shape index (κ2) is 5.82. The number of pyridine rings is 1. The quantitative estimate of drug-likeness (QED) is 0.918. The van der Waals surface area contributed by atoms with E-state index in [9.17, 15) is 0 Å². The lowest BCUT2D eigenvalue weighted by Crippen LogP contribution is -2.62. The van der Waals surface area contributed by atoms with E-state index in [1.165, 1.54) is 25.7 Å². The molecule has 1 aromatic heterocycles. The number of nitrogens with two attached hydrogens (primary N) is 1. The Hall–Kier alpha value is -0.930. The van der Waals surface area contributed by atoms with Crippen molar-refractivity contribution in [3.63, 3.8) is 0 Å². The van der Waals surface area contributed by atoms with Crippen molar-refractivity contribution in [2.24, 2.45) is 11.1 Å². The minimum absolute atomic E-state index is 0.0939. The van der Waals surface area contributed by atoms with Crippen molar-refractivity contribution in [2.45, 2.75) is 58.5 Å². The minimum Gasteiger partial charge on any atom is -0.329 e. The molecule has 0 saturated heterocycles.